The predicted octanol–water partition coefficient (Wildman–Crippen LogP) is 4.97. The molecule has 0 aromatic heterocycles. The van der Waals surface area contributed by atoms with Crippen LogP contribution in [0.1, 0.15) is 28.4 Å². The zero-order valence-electron chi connectivity index (χ0n) is 19.0. The van der Waals surface area contributed by atoms with Crippen molar-refractivity contribution in [3.8, 4) is 0 Å². The van der Waals surface area contributed by atoms with Crippen LogP contribution in [0.25, 0.3) is 0 Å². The van der Waals surface area contributed by atoms with Crippen LogP contribution in [0.5, 0.6) is 0 Å². The number of nitrogens with zero attached hydrogens (tertiary/aromatic N) is 1. The monoisotopic (exact) mass is 500 g/mol. The number of halogens is 1. The van der Waals surface area contributed by atoms with Crippen LogP contribution in [0, 0.1) is 13.8 Å². The molecule has 3 aromatic rings. The van der Waals surface area contributed by atoms with E-state index in [1.807, 2.05) is 0 Å². The summed E-state index contributed by atoms with van der Waals surface area (Å²) in [5.74, 6) is -1.01. The Balaban J connectivity index is 1.92. The van der Waals surface area contributed by atoms with Crippen LogP contribution in [-0.2, 0) is 19.6 Å². The van der Waals surface area contributed by atoms with Gasteiger partial charge in [0.2, 0.25) is 5.91 Å². The molecule has 0 aliphatic heterocycles. The third-order valence-electron chi connectivity index (χ3n) is 5.14. The van der Waals surface area contributed by atoms with E-state index in [1.54, 1.807) is 75.4 Å². The third-order valence-corrected chi connectivity index (χ3v) is 7.32. The standard InChI is InChI=1S/C25H25ClN2O5S/c1-4-33-25(30)19-13-14-22(17(2)15-19)27-24(29)16-28(23-12-8-11-21(26)18(23)3)34(31,32)20-9-6-5-7-10-20/h5-15H,4,16H2,1-3H3,(H,27,29). The predicted molar refractivity (Wildman–Crippen MR) is 133 cm³/mol. The summed E-state index contributed by atoms with van der Waals surface area (Å²) in [7, 11) is -4.06. The summed E-state index contributed by atoms with van der Waals surface area (Å²) in [6.45, 7) is 4.93. The van der Waals surface area contributed by atoms with Crippen LogP contribution < -0.4 is 9.62 Å². The number of benzene rings is 3. The van der Waals surface area contributed by atoms with Gasteiger partial charge in [-0.2, -0.15) is 0 Å². The summed E-state index contributed by atoms with van der Waals surface area (Å²) in [6.07, 6.45) is 0. The number of hydrogen-bond acceptors (Lipinski definition) is 5. The Bertz CT molecular complexity index is 1310. The zero-order valence-corrected chi connectivity index (χ0v) is 20.6. The molecule has 0 fully saturated rings. The molecule has 178 valence electrons. The second-order valence-electron chi connectivity index (χ2n) is 7.51. The first-order valence-corrected chi connectivity index (χ1v) is 12.4. The van der Waals surface area contributed by atoms with Crippen molar-refractivity contribution in [1.29, 1.82) is 0 Å². The molecule has 0 aliphatic carbocycles. The largest absolute Gasteiger partial charge is 0.462 e. The van der Waals surface area contributed by atoms with Gasteiger partial charge in [0.25, 0.3) is 10.0 Å². The second-order valence-corrected chi connectivity index (χ2v) is 9.78. The minimum atomic E-state index is -4.06. The molecule has 0 radical (unpaired) electrons. The highest BCUT2D eigenvalue weighted by Crippen LogP contribution is 2.31. The molecular formula is C25H25ClN2O5S. The first kappa shape index (κ1) is 25.3. The highest BCUT2D eigenvalue weighted by atomic mass is 35.5. The number of esters is 1. The minimum absolute atomic E-state index is 0.0529. The maximum Gasteiger partial charge on any atom is 0.338 e. The number of aryl methyl sites for hydroxylation is 1. The molecule has 0 aliphatic rings. The highest BCUT2D eigenvalue weighted by molar-refractivity contribution is 7.92. The zero-order chi connectivity index (χ0) is 24.9. The summed E-state index contributed by atoms with van der Waals surface area (Å²) in [6, 6.07) is 17.5. The van der Waals surface area contributed by atoms with Crippen LogP contribution in [-0.4, -0.2) is 33.4 Å². The van der Waals surface area contributed by atoms with Crippen molar-refractivity contribution in [3.05, 3.63) is 88.4 Å². The molecule has 0 heterocycles. The van der Waals surface area contributed by atoms with E-state index in [0.717, 1.165) is 4.31 Å². The summed E-state index contributed by atoms with van der Waals surface area (Å²) in [5.41, 5.74) is 2.29. The topological polar surface area (TPSA) is 92.8 Å². The maximum atomic E-state index is 13.5. The molecule has 0 unspecified atom stereocenters. The van der Waals surface area contributed by atoms with Gasteiger partial charge < -0.3 is 10.1 Å². The van der Waals surface area contributed by atoms with Crippen LogP contribution >= 0.6 is 11.6 Å². The first-order chi connectivity index (χ1) is 16.1. The molecule has 1 N–H and O–H groups in total. The average Bonchev–Trinajstić information content (AvgIpc) is 2.81. The van der Waals surface area contributed by atoms with Gasteiger partial charge in [-0.15, -0.1) is 0 Å². The molecule has 0 spiro atoms. The Morgan fingerprint density at radius 2 is 1.71 bits per heavy atom. The van der Waals surface area contributed by atoms with Gasteiger partial charge in [-0.25, -0.2) is 13.2 Å². The van der Waals surface area contributed by atoms with Gasteiger partial charge in [0.05, 0.1) is 22.8 Å². The number of sulfonamides is 1. The summed E-state index contributed by atoms with van der Waals surface area (Å²) >= 11 is 6.24. The van der Waals surface area contributed by atoms with E-state index in [9.17, 15) is 18.0 Å². The molecular weight excluding hydrogens is 476 g/mol. The Labute approximate surface area is 204 Å². The van der Waals surface area contributed by atoms with E-state index < -0.39 is 28.4 Å². The van der Waals surface area contributed by atoms with Crippen molar-refractivity contribution < 1.29 is 22.7 Å². The molecule has 0 saturated heterocycles. The molecule has 9 heteroatoms. The van der Waals surface area contributed by atoms with Crippen molar-refractivity contribution >= 4 is 44.9 Å². The van der Waals surface area contributed by atoms with Gasteiger partial charge >= 0.3 is 5.97 Å². The van der Waals surface area contributed by atoms with Gasteiger partial charge in [-0.05, 0) is 74.4 Å². The number of carbonyl (C=O) groups is 2. The molecule has 3 aromatic carbocycles. The highest BCUT2D eigenvalue weighted by Gasteiger charge is 2.29. The normalized spacial score (nSPS) is 11.1. The van der Waals surface area contributed by atoms with E-state index in [0.29, 0.717) is 33.1 Å². The lowest BCUT2D eigenvalue weighted by atomic mass is 10.1. The molecule has 0 atom stereocenters. The third kappa shape index (κ3) is 5.58. The molecule has 34 heavy (non-hydrogen) atoms. The Morgan fingerprint density at radius 1 is 1.00 bits per heavy atom. The lowest BCUT2D eigenvalue weighted by molar-refractivity contribution is -0.114. The second kappa shape index (κ2) is 10.7. The number of anilines is 2. The van der Waals surface area contributed by atoms with Gasteiger partial charge in [0, 0.05) is 10.7 Å². The van der Waals surface area contributed by atoms with Crippen molar-refractivity contribution in [3.63, 3.8) is 0 Å². The quantitative estimate of drug-likeness (QED) is 0.441. The first-order valence-electron chi connectivity index (χ1n) is 10.6. The molecule has 1 amide bonds. The SMILES string of the molecule is CCOC(=O)c1ccc(NC(=O)CN(c2cccc(Cl)c2C)S(=O)(=O)c2ccccc2)c(C)c1. The molecule has 3 rings (SSSR count). The summed E-state index contributed by atoms with van der Waals surface area (Å²) < 4.78 is 33.0. The van der Waals surface area contributed by atoms with Gasteiger partial charge in [-0.3, -0.25) is 9.10 Å². The number of rotatable bonds is 8. The molecule has 0 bridgehead atoms. The van der Waals surface area contributed by atoms with Crippen LogP contribution in [0.2, 0.25) is 5.02 Å². The Kier molecular flexibility index (Phi) is 7.96. The number of nitrogens with one attached hydrogen (secondary N) is 1. The maximum absolute atomic E-state index is 13.5. The minimum Gasteiger partial charge on any atom is -0.462 e. The van der Waals surface area contributed by atoms with Gasteiger partial charge in [0.1, 0.15) is 6.54 Å². The lowest BCUT2D eigenvalue weighted by Crippen LogP contribution is -2.38. The Hall–Kier alpha value is -3.36. The fourth-order valence-electron chi connectivity index (χ4n) is 3.35. The van der Waals surface area contributed by atoms with Crippen LogP contribution in [0.4, 0.5) is 11.4 Å². The number of ether oxygens (including phenoxy) is 1. The fourth-order valence-corrected chi connectivity index (χ4v) is 5.02. The van der Waals surface area contributed by atoms with E-state index in [4.69, 9.17) is 16.3 Å². The molecule has 0 saturated carbocycles. The lowest BCUT2D eigenvalue weighted by Gasteiger charge is -2.26. The number of hydrogen-bond donors (Lipinski definition) is 1. The number of carbonyl (C=O) groups excluding carboxylic acids is 2. The van der Waals surface area contributed by atoms with Crippen molar-refractivity contribution in [2.24, 2.45) is 0 Å². The van der Waals surface area contributed by atoms with Crippen LogP contribution in [0.15, 0.2) is 71.6 Å². The summed E-state index contributed by atoms with van der Waals surface area (Å²) in [4.78, 5) is 25.0. The van der Waals surface area contributed by atoms with E-state index in [-0.39, 0.29) is 11.5 Å². The van der Waals surface area contributed by atoms with E-state index >= 15 is 0 Å². The van der Waals surface area contributed by atoms with Gasteiger partial charge in [0.15, 0.2) is 0 Å². The van der Waals surface area contributed by atoms with Gasteiger partial charge in [-0.1, -0.05) is 35.9 Å². The van der Waals surface area contributed by atoms with E-state index in [1.165, 1.54) is 12.1 Å². The fraction of sp³-hybridized carbons (Fsp3) is 0.200. The number of amides is 1. The summed E-state index contributed by atoms with van der Waals surface area (Å²) in [5, 5.41) is 3.12. The van der Waals surface area contributed by atoms with E-state index in [2.05, 4.69) is 5.32 Å². The molecule has 7 nitrogen and oxygen atoms in total. The van der Waals surface area contributed by atoms with Crippen molar-refractivity contribution in [1.82, 2.24) is 0 Å². The van der Waals surface area contributed by atoms with Crippen LogP contribution in [0.3, 0.4) is 0 Å². The average molecular weight is 501 g/mol. The smallest absolute Gasteiger partial charge is 0.338 e. The Morgan fingerprint density at radius 3 is 2.35 bits per heavy atom. The van der Waals surface area contributed by atoms with Crippen molar-refractivity contribution in [2.45, 2.75) is 25.7 Å². The van der Waals surface area contributed by atoms with Crippen molar-refractivity contribution in [2.75, 3.05) is 22.8 Å².